The monoisotopic (exact) mass is 208 g/mol. The lowest BCUT2D eigenvalue weighted by Gasteiger charge is -2.13. The van der Waals surface area contributed by atoms with E-state index in [0.29, 0.717) is 18.2 Å². The summed E-state index contributed by atoms with van der Waals surface area (Å²) >= 11 is 0. The van der Waals surface area contributed by atoms with Crippen molar-refractivity contribution in [1.29, 1.82) is 0 Å². The van der Waals surface area contributed by atoms with Crippen LogP contribution in [-0.2, 0) is 11.3 Å². The van der Waals surface area contributed by atoms with Gasteiger partial charge in [-0.15, -0.1) is 0 Å². The Kier molecular flexibility index (Phi) is 2.48. The number of nitrogens with zero attached hydrogens (tertiary/aromatic N) is 2. The molecule has 0 bridgehead atoms. The Bertz CT molecular complexity index is 362. The predicted molar refractivity (Wildman–Crippen MR) is 58.4 cm³/mol. The van der Waals surface area contributed by atoms with Crippen molar-refractivity contribution in [2.75, 3.05) is 18.2 Å². The Morgan fingerprint density at radius 1 is 1.53 bits per heavy atom. The zero-order valence-electron chi connectivity index (χ0n) is 9.08. The quantitative estimate of drug-likeness (QED) is 0.777. The van der Waals surface area contributed by atoms with Crippen molar-refractivity contribution >= 4 is 11.6 Å². The molecule has 0 aliphatic heterocycles. The third-order valence-electron chi connectivity index (χ3n) is 2.50. The normalized spacial score (nSPS) is 17.5. The number of hydrogen-bond donors (Lipinski definition) is 2. The maximum Gasteiger partial charge on any atom is 0.158 e. The highest BCUT2D eigenvalue weighted by Crippen LogP contribution is 2.37. The number of hydrogen-bond acceptors (Lipinski definition) is 5. The molecule has 0 unspecified atom stereocenters. The van der Waals surface area contributed by atoms with Crippen molar-refractivity contribution in [2.24, 2.45) is 0 Å². The molecular weight excluding hydrogens is 192 g/mol. The summed E-state index contributed by atoms with van der Waals surface area (Å²) in [4.78, 5) is 8.40. The average Bonchev–Trinajstić information content (AvgIpc) is 2.82. The molecule has 3 N–H and O–H groups in total. The lowest BCUT2D eigenvalue weighted by atomic mass is 10.3. The first kappa shape index (κ1) is 10.2. The smallest absolute Gasteiger partial charge is 0.158 e. The first-order valence-electron chi connectivity index (χ1n) is 5.02. The lowest BCUT2D eigenvalue weighted by molar-refractivity contribution is 0.178. The highest BCUT2D eigenvalue weighted by molar-refractivity contribution is 5.47. The zero-order chi connectivity index (χ0) is 10.9. The van der Waals surface area contributed by atoms with Gasteiger partial charge in [0.1, 0.15) is 18.2 Å². The summed E-state index contributed by atoms with van der Waals surface area (Å²) in [6.45, 7) is 2.55. The number of nitrogen functional groups attached to an aromatic ring is 1. The van der Waals surface area contributed by atoms with Gasteiger partial charge in [0.15, 0.2) is 5.82 Å². The molecule has 15 heavy (non-hydrogen) atoms. The van der Waals surface area contributed by atoms with Crippen LogP contribution in [0, 0.1) is 0 Å². The Labute approximate surface area is 89.1 Å². The summed E-state index contributed by atoms with van der Waals surface area (Å²) < 4.78 is 4.98. The van der Waals surface area contributed by atoms with Crippen LogP contribution in [0.3, 0.4) is 0 Å². The Morgan fingerprint density at radius 3 is 2.87 bits per heavy atom. The molecule has 0 aromatic carbocycles. The van der Waals surface area contributed by atoms with E-state index in [1.54, 1.807) is 13.2 Å². The summed E-state index contributed by atoms with van der Waals surface area (Å²) in [5.41, 5.74) is 5.88. The van der Waals surface area contributed by atoms with Crippen molar-refractivity contribution in [3.63, 3.8) is 0 Å². The molecule has 0 atom stereocenters. The second-order valence-electron chi connectivity index (χ2n) is 4.21. The van der Waals surface area contributed by atoms with Gasteiger partial charge in [0.25, 0.3) is 0 Å². The second kappa shape index (κ2) is 3.66. The summed E-state index contributed by atoms with van der Waals surface area (Å²) in [6.07, 6.45) is 2.35. The van der Waals surface area contributed by atoms with Crippen molar-refractivity contribution in [3.8, 4) is 0 Å². The molecule has 0 spiro atoms. The van der Waals surface area contributed by atoms with Crippen molar-refractivity contribution in [2.45, 2.75) is 31.9 Å². The molecule has 0 amide bonds. The van der Waals surface area contributed by atoms with E-state index in [9.17, 15) is 0 Å². The Balaban J connectivity index is 2.15. The van der Waals surface area contributed by atoms with E-state index in [-0.39, 0.29) is 5.54 Å². The molecule has 1 aromatic heterocycles. The standard InChI is InChI=1S/C10H16N4O/c1-10(3-4-10)14-8-5-7(11)12-9(13-8)6-15-2/h5H,3-4,6H2,1-2H3,(H3,11,12,13,14). The number of nitrogens with one attached hydrogen (secondary N) is 1. The average molecular weight is 208 g/mol. The van der Waals surface area contributed by atoms with Crippen molar-refractivity contribution in [1.82, 2.24) is 9.97 Å². The molecule has 5 nitrogen and oxygen atoms in total. The van der Waals surface area contributed by atoms with E-state index in [4.69, 9.17) is 10.5 Å². The lowest BCUT2D eigenvalue weighted by Crippen LogP contribution is -2.18. The molecular formula is C10H16N4O. The molecule has 0 radical (unpaired) electrons. The van der Waals surface area contributed by atoms with Crippen molar-refractivity contribution < 1.29 is 4.74 Å². The van der Waals surface area contributed by atoms with E-state index in [0.717, 1.165) is 5.82 Å². The van der Waals surface area contributed by atoms with Crippen LogP contribution >= 0.6 is 0 Å². The minimum atomic E-state index is 0.200. The largest absolute Gasteiger partial charge is 0.384 e. The van der Waals surface area contributed by atoms with Gasteiger partial charge < -0.3 is 15.8 Å². The number of methoxy groups -OCH3 is 1. The maximum atomic E-state index is 5.68. The molecule has 82 valence electrons. The van der Waals surface area contributed by atoms with E-state index in [1.165, 1.54) is 12.8 Å². The molecule has 1 aliphatic rings. The van der Waals surface area contributed by atoms with Crippen LogP contribution < -0.4 is 11.1 Å². The third-order valence-corrected chi connectivity index (χ3v) is 2.50. The van der Waals surface area contributed by atoms with E-state index in [2.05, 4.69) is 22.2 Å². The number of rotatable bonds is 4. The van der Waals surface area contributed by atoms with Crippen LogP contribution in [0.1, 0.15) is 25.6 Å². The summed E-state index contributed by atoms with van der Waals surface area (Å²) in [6, 6.07) is 1.75. The highest BCUT2D eigenvalue weighted by atomic mass is 16.5. The molecule has 2 rings (SSSR count). The Hall–Kier alpha value is -1.36. The first-order valence-corrected chi connectivity index (χ1v) is 5.02. The molecule has 0 saturated heterocycles. The van der Waals surface area contributed by atoms with Crippen LogP contribution in [0.4, 0.5) is 11.6 Å². The molecule has 5 heteroatoms. The molecule has 1 aromatic rings. The summed E-state index contributed by atoms with van der Waals surface area (Å²) in [7, 11) is 1.61. The van der Waals surface area contributed by atoms with Gasteiger partial charge >= 0.3 is 0 Å². The number of ether oxygens (including phenoxy) is 1. The number of aromatic nitrogens is 2. The highest BCUT2D eigenvalue weighted by Gasteiger charge is 2.37. The summed E-state index contributed by atoms with van der Waals surface area (Å²) in [5, 5.41) is 3.35. The van der Waals surface area contributed by atoms with E-state index in [1.807, 2.05) is 0 Å². The van der Waals surface area contributed by atoms with Gasteiger partial charge in [-0.1, -0.05) is 0 Å². The fraction of sp³-hybridized carbons (Fsp3) is 0.600. The van der Waals surface area contributed by atoms with Gasteiger partial charge in [0, 0.05) is 18.7 Å². The molecule has 1 saturated carbocycles. The topological polar surface area (TPSA) is 73.1 Å². The third kappa shape index (κ3) is 2.56. The SMILES string of the molecule is COCc1nc(N)cc(NC2(C)CC2)n1. The fourth-order valence-corrected chi connectivity index (χ4v) is 1.40. The first-order chi connectivity index (χ1) is 7.11. The van der Waals surface area contributed by atoms with Crippen molar-refractivity contribution in [3.05, 3.63) is 11.9 Å². The predicted octanol–water partition coefficient (Wildman–Crippen LogP) is 1.17. The van der Waals surface area contributed by atoms with Gasteiger partial charge in [-0.25, -0.2) is 9.97 Å². The van der Waals surface area contributed by atoms with Crippen LogP contribution in [0.25, 0.3) is 0 Å². The zero-order valence-corrected chi connectivity index (χ0v) is 9.08. The molecule has 1 fully saturated rings. The second-order valence-corrected chi connectivity index (χ2v) is 4.21. The minimum absolute atomic E-state index is 0.200. The van der Waals surface area contributed by atoms with Gasteiger partial charge in [-0.2, -0.15) is 0 Å². The van der Waals surface area contributed by atoms with E-state index < -0.39 is 0 Å². The maximum absolute atomic E-state index is 5.68. The summed E-state index contributed by atoms with van der Waals surface area (Å²) in [5.74, 6) is 1.88. The van der Waals surface area contributed by atoms with Gasteiger partial charge in [-0.05, 0) is 19.8 Å². The van der Waals surface area contributed by atoms with Crippen LogP contribution in [-0.4, -0.2) is 22.6 Å². The number of anilines is 2. The fourth-order valence-electron chi connectivity index (χ4n) is 1.40. The van der Waals surface area contributed by atoms with E-state index >= 15 is 0 Å². The van der Waals surface area contributed by atoms with Crippen LogP contribution in [0.15, 0.2) is 6.07 Å². The minimum Gasteiger partial charge on any atom is -0.384 e. The molecule has 1 aliphatic carbocycles. The van der Waals surface area contributed by atoms with Crippen LogP contribution in [0.5, 0.6) is 0 Å². The van der Waals surface area contributed by atoms with Crippen LogP contribution in [0.2, 0.25) is 0 Å². The number of nitrogens with two attached hydrogens (primary N) is 1. The molecule has 1 heterocycles. The Morgan fingerprint density at radius 2 is 2.27 bits per heavy atom. The van der Waals surface area contributed by atoms with Gasteiger partial charge in [0.05, 0.1) is 0 Å². The van der Waals surface area contributed by atoms with Gasteiger partial charge in [-0.3, -0.25) is 0 Å². The van der Waals surface area contributed by atoms with Gasteiger partial charge in [0.2, 0.25) is 0 Å².